The van der Waals surface area contributed by atoms with E-state index in [0.717, 1.165) is 30.4 Å². The number of hydrogen-bond acceptors (Lipinski definition) is 6. The van der Waals surface area contributed by atoms with Crippen molar-refractivity contribution in [1.29, 1.82) is 0 Å². The number of thiocarbonyl (C=S) groups is 1. The number of nitrogens with one attached hydrogen (secondary N) is 1. The molecule has 6 nitrogen and oxygen atoms in total. The summed E-state index contributed by atoms with van der Waals surface area (Å²) in [5.74, 6) is 0.312. The number of rotatable bonds is 10. The van der Waals surface area contributed by atoms with Gasteiger partial charge in [0.2, 0.25) is 5.91 Å². The third-order valence-electron chi connectivity index (χ3n) is 4.99. The molecule has 1 aliphatic heterocycles. The molecular weight excluding hydrogens is 444 g/mol. The summed E-state index contributed by atoms with van der Waals surface area (Å²) in [6.07, 6.45) is 4.59. The number of unbranched alkanes of at least 4 members (excludes halogenated alkanes) is 2. The highest BCUT2D eigenvalue weighted by molar-refractivity contribution is 8.26. The molecule has 1 saturated heterocycles. The molecule has 1 aliphatic rings. The van der Waals surface area contributed by atoms with Crippen LogP contribution in [-0.4, -0.2) is 39.8 Å². The Hall–Kier alpha value is -2.84. The van der Waals surface area contributed by atoms with Gasteiger partial charge >= 0.3 is 0 Å². The van der Waals surface area contributed by atoms with Crippen LogP contribution >= 0.6 is 24.0 Å². The molecule has 2 aromatic rings. The molecule has 2 amide bonds. The van der Waals surface area contributed by atoms with Gasteiger partial charge in [-0.05, 0) is 42.2 Å². The van der Waals surface area contributed by atoms with Crippen LogP contribution < -0.4 is 10.1 Å². The van der Waals surface area contributed by atoms with Crippen molar-refractivity contribution in [1.82, 2.24) is 10.2 Å². The minimum absolute atomic E-state index is 0.0340. The lowest BCUT2D eigenvalue weighted by atomic mass is 10.1. The Balaban J connectivity index is 1.41. The van der Waals surface area contributed by atoms with Crippen molar-refractivity contribution in [2.75, 3.05) is 13.7 Å². The van der Waals surface area contributed by atoms with Crippen LogP contribution in [0.25, 0.3) is 6.08 Å². The molecule has 0 atom stereocenters. The number of benzene rings is 2. The number of carbonyl (C=O) groups is 2. The highest BCUT2D eigenvalue weighted by atomic mass is 32.2. The molecule has 168 valence electrons. The first kappa shape index (κ1) is 23.8. The van der Waals surface area contributed by atoms with Crippen molar-refractivity contribution in [2.45, 2.75) is 32.2 Å². The quantitative estimate of drug-likeness (QED) is 0.303. The van der Waals surface area contributed by atoms with Crippen molar-refractivity contribution in [3.63, 3.8) is 0 Å². The number of phenols is 1. The number of nitrogens with zero attached hydrogens (tertiary/aromatic N) is 1. The number of ether oxygens (including phenoxy) is 1. The lowest BCUT2D eigenvalue weighted by Crippen LogP contribution is -2.29. The molecule has 0 aliphatic carbocycles. The molecular formula is C24H26N2O4S2. The van der Waals surface area contributed by atoms with Crippen LogP contribution in [0.2, 0.25) is 0 Å². The molecule has 2 N–H and O–H groups in total. The molecule has 1 heterocycles. The topological polar surface area (TPSA) is 78.9 Å². The van der Waals surface area contributed by atoms with Gasteiger partial charge in [0, 0.05) is 19.5 Å². The van der Waals surface area contributed by atoms with Gasteiger partial charge in [-0.15, -0.1) is 0 Å². The van der Waals surface area contributed by atoms with E-state index in [9.17, 15) is 14.7 Å². The predicted molar refractivity (Wildman–Crippen MR) is 131 cm³/mol. The molecule has 0 aromatic heterocycles. The minimum Gasteiger partial charge on any atom is -0.504 e. The molecule has 8 heteroatoms. The number of phenolic OH excluding ortho intramolecular Hbond substituents is 1. The summed E-state index contributed by atoms with van der Waals surface area (Å²) < 4.78 is 5.65. The van der Waals surface area contributed by atoms with Crippen LogP contribution in [0.5, 0.6) is 11.5 Å². The van der Waals surface area contributed by atoms with E-state index < -0.39 is 0 Å². The smallest absolute Gasteiger partial charge is 0.266 e. The average Bonchev–Trinajstić information content (AvgIpc) is 3.06. The maximum Gasteiger partial charge on any atom is 0.266 e. The van der Waals surface area contributed by atoms with E-state index in [2.05, 4.69) is 5.32 Å². The first-order valence-electron chi connectivity index (χ1n) is 10.4. The van der Waals surface area contributed by atoms with Gasteiger partial charge in [0.1, 0.15) is 4.32 Å². The minimum atomic E-state index is -0.118. The third-order valence-corrected chi connectivity index (χ3v) is 6.37. The Bertz CT molecular complexity index is 1010. The SMILES string of the molecule is COc1cc(/C=C2\SC(=S)N(CCCCCC(=O)NCc3ccccc3)C2=O)ccc1O. The summed E-state index contributed by atoms with van der Waals surface area (Å²) in [4.78, 5) is 26.9. The molecule has 2 aromatic carbocycles. The monoisotopic (exact) mass is 470 g/mol. The van der Waals surface area contributed by atoms with Crippen LogP contribution in [0, 0.1) is 0 Å². The summed E-state index contributed by atoms with van der Waals surface area (Å²) in [5.41, 5.74) is 1.83. The molecule has 3 rings (SSSR count). The maximum atomic E-state index is 12.7. The van der Waals surface area contributed by atoms with Crippen LogP contribution in [0.15, 0.2) is 53.4 Å². The van der Waals surface area contributed by atoms with E-state index in [1.807, 2.05) is 30.3 Å². The van der Waals surface area contributed by atoms with Gasteiger partial charge in [-0.1, -0.05) is 66.8 Å². The Morgan fingerprint density at radius 3 is 2.72 bits per heavy atom. The van der Waals surface area contributed by atoms with Crippen molar-refractivity contribution in [3.8, 4) is 11.5 Å². The number of amides is 2. The van der Waals surface area contributed by atoms with Gasteiger partial charge < -0.3 is 15.2 Å². The fourth-order valence-electron chi connectivity index (χ4n) is 3.25. The molecule has 0 bridgehead atoms. The molecule has 0 radical (unpaired) electrons. The average molecular weight is 471 g/mol. The van der Waals surface area contributed by atoms with E-state index in [4.69, 9.17) is 17.0 Å². The molecule has 0 spiro atoms. The van der Waals surface area contributed by atoms with Gasteiger partial charge in [-0.3, -0.25) is 14.5 Å². The van der Waals surface area contributed by atoms with Gasteiger partial charge in [0.05, 0.1) is 12.0 Å². The number of carbonyl (C=O) groups excluding carboxylic acids is 2. The fraction of sp³-hybridized carbons (Fsp3) is 0.292. The van der Waals surface area contributed by atoms with Gasteiger partial charge in [-0.25, -0.2) is 0 Å². The number of thioether (sulfide) groups is 1. The second-order valence-electron chi connectivity index (χ2n) is 7.34. The van der Waals surface area contributed by atoms with Gasteiger partial charge in [-0.2, -0.15) is 0 Å². The molecule has 0 unspecified atom stereocenters. The third kappa shape index (κ3) is 6.58. The Morgan fingerprint density at radius 1 is 1.19 bits per heavy atom. The van der Waals surface area contributed by atoms with Crippen LogP contribution in [-0.2, 0) is 16.1 Å². The van der Waals surface area contributed by atoms with Gasteiger partial charge in [0.15, 0.2) is 11.5 Å². The molecule has 32 heavy (non-hydrogen) atoms. The zero-order chi connectivity index (χ0) is 22.9. The number of methoxy groups -OCH3 is 1. The Morgan fingerprint density at radius 2 is 1.97 bits per heavy atom. The summed E-state index contributed by atoms with van der Waals surface area (Å²) in [7, 11) is 1.48. The van der Waals surface area contributed by atoms with Crippen molar-refractivity contribution in [2.24, 2.45) is 0 Å². The standard InChI is InChI=1S/C24H26N2O4S2/c1-30-20-14-18(11-12-19(20)27)15-21-23(29)26(24(31)32-21)13-7-3-6-10-22(28)25-16-17-8-4-2-5-9-17/h2,4-5,8-9,11-12,14-15,27H,3,6-7,10,13,16H2,1H3,(H,25,28)/b21-15-. The summed E-state index contributed by atoms with van der Waals surface area (Å²) in [5, 5.41) is 12.6. The van der Waals surface area contributed by atoms with E-state index in [1.165, 1.54) is 24.9 Å². The van der Waals surface area contributed by atoms with Crippen molar-refractivity contribution < 1.29 is 19.4 Å². The largest absolute Gasteiger partial charge is 0.504 e. The first-order valence-corrected chi connectivity index (χ1v) is 11.6. The Labute approximate surface area is 197 Å². The molecule has 1 fully saturated rings. The van der Waals surface area contributed by atoms with E-state index >= 15 is 0 Å². The van der Waals surface area contributed by atoms with E-state index in [1.54, 1.807) is 23.1 Å². The van der Waals surface area contributed by atoms with Crippen molar-refractivity contribution >= 4 is 46.2 Å². The summed E-state index contributed by atoms with van der Waals surface area (Å²) in [6.45, 7) is 1.07. The summed E-state index contributed by atoms with van der Waals surface area (Å²) in [6, 6.07) is 14.7. The zero-order valence-corrected chi connectivity index (χ0v) is 19.5. The lowest BCUT2D eigenvalue weighted by Gasteiger charge is -2.14. The van der Waals surface area contributed by atoms with Crippen LogP contribution in [0.3, 0.4) is 0 Å². The fourth-order valence-corrected chi connectivity index (χ4v) is 4.55. The van der Waals surface area contributed by atoms with Crippen LogP contribution in [0.1, 0.15) is 36.8 Å². The van der Waals surface area contributed by atoms with E-state index in [-0.39, 0.29) is 17.6 Å². The summed E-state index contributed by atoms with van der Waals surface area (Å²) >= 11 is 6.65. The highest BCUT2D eigenvalue weighted by Gasteiger charge is 2.31. The van der Waals surface area contributed by atoms with E-state index in [0.29, 0.717) is 34.5 Å². The predicted octanol–water partition coefficient (Wildman–Crippen LogP) is 4.48. The first-order chi connectivity index (χ1) is 15.5. The second kappa shape index (κ2) is 11.7. The maximum absolute atomic E-state index is 12.7. The van der Waals surface area contributed by atoms with Crippen molar-refractivity contribution in [3.05, 3.63) is 64.6 Å². The van der Waals surface area contributed by atoms with Gasteiger partial charge in [0.25, 0.3) is 5.91 Å². The number of aromatic hydroxyl groups is 1. The highest BCUT2D eigenvalue weighted by Crippen LogP contribution is 2.34. The number of hydrogen-bond donors (Lipinski definition) is 2. The normalized spacial score (nSPS) is 14.8. The Kier molecular flexibility index (Phi) is 8.70. The zero-order valence-electron chi connectivity index (χ0n) is 17.9. The second-order valence-corrected chi connectivity index (χ2v) is 9.01. The molecule has 0 saturated carbocycles. The lowest BCUT2D eigenvalue weighted by molar-refractivity contribution is -0.123. The van der Waals surface area contributed by atoms with Crippen LogP contribution in [0.4, 0.5) is 0 Å².